The van der Waals surface area contributed by atoms with Crippen molar-refractivity contribution in [3.63, 3.8) is 0 Å². The van der Waals surface area contributed by atoms with Crippen molar-refractivity contribution in [1.29, 1.82) is 0 Å². The molecule has 0 heterocycles. The molecule has 0 fully saturated rings. The van der Waals surface area contributed by atoms with E-state index in [-0.39, 0.29) is 6.61 Å². The van der Waals surface area contributed by atoms with Crippen LogP contribution in [0.1, 0.15) is 36.5 Å². The minimum Gasteiger partial charge on any atom is -0.489 e. The van der Waals surface area contributed by atoms with Crippen molar-refractivity contribution in [2.24, 2.45) is 0 Å². The lowest BCUT2D eigenvalue weighted by Crippen LogP contribution is -1.99. The van der Waals surface area contributed by atoms with Gasteiger partial charge >= 0.3 is 0 Å². The van der Waals surface area contributed by atoms with Crippen LogP contribution in [0.5, 0.6) is 5.75 Å². The van der Waals surface area contributed by atoms with Crippen molar-refractivity contribution < 1.29 is 9.53 Å². The first-order chi connectivity index (χ1) is 11.6. The van der Waals surface area contributed by atoms with Gasteiger partial charge in [0, 0.05) is 21.2 Å². The van der Waals surface area contributed by atoms with E-state index in [2.05, 4.69) is 6.92 Å². The second-order valence-electron chi connectivity index (χ2n) is 5.53. The highest BCUT2D eigenvalue weighted by molar-refractivity contribution is 6.35. The monoisotopic (exact) mass is 362 g/mol. The number of allylic oxidation sites excluding steroid dienone is 2. The number of carbonyl (C=O) groups excluding carboxylic acids is 1. The largest absolute Gasteiger partial charge is 0.489 e. The fraction of sp³-hybridized carbons (Fsp3) is 0.250. The highest BCUT2D eigenvalue weighted by Crippen LogP contribution is 2.28. The van der Waals surface area contributed by atoms with Crippen molar-refractivity contribution in [3.05, 3.63) is 69.2 Å². The lowest BCUT2D eigenvalue weighted by atomic mass is 10.00. The summed E-state index contributed by atoms with van der Waals surface area (Å²) in [4.78, 5) is 11.4. The highest BCUT2D eigenvalue weighted by Gasteiger charge is 2.09. The van der Waals surface area contributed by atoms with Gasteiger partial charge in [-0.15, -0.1) is 0 Å². The third kappa shape index (κ3) is 4.62. The SMILES string of the molecule is CCC/C=C(/C=O)c1cc(OCc2c(Cl)cccc2Cl)ccc1C. The van der Waals surface area contributed by atoms with Crippen LogP contribution in [-0.4, -0.2) is 6.29 Å². The normalized spacial score (nSPS) is 11.4. The molecule has 2 nitrogen and oxygen atoms in total. The molecular formula is C20H20Cl2O2. The molecular weight excluding hydrogens is 343 g/mol. The predicted octanol–water partition coefficient (Wildman–Crippen LogP) is 6.26. The summed E-state index contributed by atoms with van der Waals surface area (Å²) in [6.07, 6.45) is 4.72. The van der Waals surface area contributed by atoms with E-state index >= 15 is 0 Å². The van der Waals surface area contributed by atoms with E-state index in [0.29, 0.717) is 21.4 Å². The van der Waals surface area contributed by atoms with E-state index in [0.717, 1.165) is 35.8 Å². The van der Waals surface area contributed by atoms with E-state index in [1.807, 2.05) is 31.2 Å². The first kappa shape index (κ1) is 18.6. The smallest absolute Gasteiger partial charge is 0.150 e. The number of halogens is 2. The summed E-state index contributed by atoms with van der Waals surface area (Å²) in [5.41, 5.74) is 3.37. The van der Waals surface area contributed by atoms with Crippen molar-refractivity contribution in [3.8, 4) is 5.75 Å². The van der Waals surface area contributed by atoms with Crippen LogP contribution < -0.4 is 4.74 Å². The van der Waals surface area contributed by atoms with Crippen LogP contribution in [0.15, 0.2) is 42.5 Å². The van der Waals surface area contributed by atoms with Crippen molar-refractivity contribution >= 4 is 35.1 Å². The summed E-state index contributed by atoms with van der Waals surface area (Å²) in [6, 6.07) is 11.1. The molecule has 126 valence electrons. The summed E-state index contributed by atoms with van der Waals surface area (Å²) < 4.78 is 5.84. The Bertz CT molecular complexity index is 731. The molecule has 0 N–H and O–H groups in total. The Morgan fingerprint density at radius 1 is 1.17 bits per heavy atom. The van der Waals surface area contributed by atoms with Crippen LogP contribution in [0.3, 0.4) is 0 Å². The fourth-order valence-electron chi connectivity index (χ4n) is 2.35. The number of hydrogen-bond donors (Lipinski definition) is 0. The Morgan fingerprint density at radius 2 is 1.88 bits per heavy atom. The second kappa shape index (κ2) is 8.91. The number of carbonyl (C=O) groups is 1. The molecule has 0 aliphatic rings. The van der Waals surface area contributed by atoms with Crippen LogP contribution in [-0.2, 0) is 11.4 Å². The van der Waals surface area contributed by atoms with Gasteiger partial charge < -0.3 is 4.74 Å². The van der Waals surface area contributed by atoms with Crippen LogP contribution in [0.25, 0.3) is 5.57 Å². The van der Waals surface area contributed by atoms with Gasteiger partial charge in [0.1, 0.15) is 18.6 Å². The zero-order chi connectivity index (χ0) is 17.5. The Morgan fingerprint density at radius 3 is 2.50 bits per heavy atom. The number of rotatable bonds is 7. The lowest BCUT2D eigenvalue weighted by molar-refractivity contribution is -0.103. The summed E-state index contributed by atoms with van der Waals surface area (Å²) in [7, 11) is 0. The minimum atomic E-state index is 0.274. The van der Waals surface area contributed by atoms with Crippen molar-refractivity contribution in [2.45, 2.75) is 33.3 Å². The van der Waals surface area contributed by atoms with Gasteiger partial charge in [-0.25, -0.2) is 0 Å². The third-order valence-electron chi connectivity index (χ3n) is 3.74. The average molecular weight is 363 g/mol. The average Bonchev–Trinajstić information content (AvgIpc) is 2.57. The Balaban J connectivity index is 2.23. The van der Waals surface area contributed by atoms with E-state index < -0.39 is 0 Å². The molecule has 0 aliphatic carbocycles. The van der Waals surface area contributed by atoms with E-state index in [9.17, 15) is 4.79 Å². The molecule has 24 heavy (non-hydrogen) atoms. The number of unbranched alkanes of at least 4 members (excludes halogenated alkanes) is 1. The standard InChI is InChI=1S/C20H20Cl2O2/c1-3-4-6-15(12-23)17-11-16(10-9-14(17)2)24-13-18-19(21)7-5-8-20(18)22/h5-12H,3-4,13H2,1-2H3/b15-6-. The van der Waals surface area contributed by atoms with Gasteiger partial charge in [-0.05, 0) is 48.7 Å². The van der Waals surface area contributed by atoms with Gasteiger partial charge in [-0.3, -0.25) is 4.79 Å². The molecule has 0 aromatic heterocycles. The van der Waals surface area contributed by atoms with E-state index in [1.54, 1.807) is 18.2 Å². The maximum Gasteiger partial charge on any atom is 0.150 e. The second-order valence-corrected chi connectivity index (χ2v) is 6.35. The topological polar surface area (TPSA) is 26.3 Å². The summed E-state index contributed by atoms with van der Waals surface area (Å²) in [6.45, 7) is 4.34. The molecule has 2 rings (SSSR count). The molecule has 2 aromatic rings. The van der Waals surface area contributed by atoms with Crippen molar-refractivity contribution in [2.75, 3.05) is 0 Å². The van der Waals surface area contributed by atoms with Gasteiger partial charge in [-0.1, -0.05) is 54.8 Å². The molecule has 2 aromatic carbocycles. The number of aldehydes is 1. The van der Waals surface area contributed by atoms with E-state index in [1.165, 1.54) is 0 Å². The van der Waals surface area contributed by atoms with Gasteiger partial charge in [0.2, 0.25) is 0 Å². The molecule has 0 bridgehead atoms. The third-order valence-corrected chi connectivity index (χ3v) is 4.45. The number of hydrogen-bond acceptors (Lipinski definition) is 2. The quantitative estimate of drug-likeness (QED) is 0.428. The van der Waals surface area contributed by atoms with Gasteiger partial charge in [-0.2, -0.15) is 0 Å². The summed E-state index contributed by atoms with van der Waals surface area (Å²) in [5.74, 6) is 0.677. The predicted molar refractivity (Wildman–Crippen MR) is 101 cm³/mol. The Labute approximate surface area is 153 Å². The zero-order valence-corrected chi connectivity index (χ0v) is 15.3. The maximum absolute atomic E-state index is 11.4. The molecule has 0 saturated heterocycles. The van der Waals surface area contributed by atoms with Gasteiger partial charge in [0.05, 0.1) is 0 Å². The minimum absolute atomic E-state index is 0.274. The van der Waals surface area contributed by atoms with Gasteiger partial charge in [0.25, 0.3) is 0 Å². The van der Waals surface area contributed by atoms with Crippen LogP contribution in [0.4, 0.5) is 0 Å². The Hall–Kier alpha value is -1.77. The molecule has 0 aliphatic heterocycles. The Kier molecular flexibility index (Phi) is 6.89. The molecule has 0 spiro atoms. The van der Waals surface area contributed by atoms with E-state index in [4.69, 9.17) is 27.9 Å². The van der Waals surface area contributed by atoms with Crippen LogP contribution >= 0.6 is 23.2 Å². The maximum atomic E-state index is 11.4. The first-order valence-electron chi connectivity index (χ1n) is 7.88. The molecule has 0 atom stereocenters. The van der Waals surface area contributed by atoms with Crippen LogP contribution in [0.2, 0.25) is 10.0 Å². The molecule has 0 saturated carbocycles. The molecule has 4 heteroatoms. The fourth-order valence-corrected chi connectivity index (χ4v) is 2.86. The lowest BCUT2D eigenvalue weighted by Gasteiger charge is -2.12. The highest BCUT2D eigenvalue weighted by atomic mass is 35.5. The summed E-state index contributed by atoms with van der Waals surface area (Å²) in [5, 5.41) is 1.15. The number of aryl methyl sites for hydroxylation is 1. The van der Waals surface area contributed by atoms with Crippen molar-refractivity contribution in [1.82, 2.24) is 0 Å². The summed E-state index contributed by atoms with van der Waals surface area (Å²) >= 11 is 12.3. The number of benzene rings is 2. The number of ether oxygens (including phenoxy) is 1. The molecule has 0 radical (unpaired) electrons. The zero-order valence-electron chi connectivity index (χ0n) is 13.8. The van der Waals surface area contributed by atoms with Gasteiger partial charge in [0.15, 0.2) is 0 Å². The molecule has 0 unspecified atom stereocenters. The molecule has 0 amide bonds. The van der Waals surface area contributed by atoms with Crippen LogP contribution in [0, 0.1) is 6.92 Å². The first-order valence-corrected chi connectivity index (χ1v) is 8.64.